The summed E-state index contributed by atoms with van der Waals surface area (Å²) in [5, 5.41) is 0. The van der Waals surface area contributed by atoms with Crippen molar-refractivity contribution < 1.29 is 0 Å². The van der Waals surface area contributed by atoms with Crippen LogP contribution in [0.1, 0.15) is 0 Å². The molecule has 0 aliphatic heterocycles. The fourth-order valence-electron chi connectivity index (χ4n) is 1.33. The van der Waals surface area contributed by atoms with Crippen molar-refractivity contribution in [3.8, 4) is 0 Å². The molecular weight excluding hydrogens is 162 g/mol. The van der Waals surface area contributed by atoms with Crippen LogP contribution in [0.2, 0.25) is 0 Å². The fraction of sp³-hybridized carbons (Fsp3) is 0.200. The van der Waals surface area contributed by atoms with Gasteiger partial charge in [-0.05, 0) is 18.2 Å². The van der Waals surface area contributed by atoms with E-state index in [9.17, 15) is 0 Å². The Labute approximate surface area is 77.0 Å². The first-order valence-corrected chi connectivity index (χ1v) is 4.16. The Morgan fingerprint density at radius 1 is 1.08 bits per heavy atom. The van der Waals surface area contributed by atoms with E-state index in [1.807, 2.05) is 37.2 Å². The van der Waals surface area contributed by atoms with Crippen molar-refractivity contribution in [3.63, 3.8) is 0 Å². The number of anilines is 1. The van der Waals surface area contributed by atoms with E-state index in [1.54, 1.807) is 12.4 Å². The van der Waals surface area contributed by atoms with Crippen LogP contribution in [0.5, 0.6) is 0 Å². The number of nitrogens with zero attached hydrogens (tertiary/aromatic N) is 3. The van der Waals surface area contributed by atoms with E-state index in [0.29, 0.717) is 0 Å². The van der Waals surface area contributed by atoms with Crippen LogP contribution < -0.4 is 4.90 Å². The second kappa shape index (κ2) is 3.01. The number of pyridine rings is 2. The molecular formula is C10H11N3. The van der Waals surface area contributed by atoms with Crippen LogP contribution in [0.15, 0.2) is 30.6 Å². The smallest absolute Gasteiger partial charge is 0.112 e. The third kappa shape index (κ3) is 1.33. The minimum absolute atomic E-state index is 0.939. The van der Waals surface area contributed by atoms with E-state index in [-0.39, 0.29) is 0 Å². The Hall–Kier alpha value is -1.64. The highest BCUT2D eigenvalue weighted by molar-refractivity contribution is 5.87. The van der Waals surface area contributed by atoms with Crippen LogP contribution in [0.25, 0.3) is 11.0 Å². The summed E-state index contributed by atoms with van der Waals surface area (Å²) in [5.41, 5.74) is 2.99. The molecule has 66 valence electrons. The van der Waals surface area contributed by atoms with Crippen LogP contribution in [0.4, 0.5) is 5.69 Å². The van der Waals surface area contributed by atoms with E-state index >= 15 is 0 Å². The van der Waals surface area contributed by atoms with Gasteiger partial charge in [-0.1, -0.05) is 0 Å². The summed E-state index contributed by atoms with van der Waals surface area (Å²) in [6.45, 7) is 0. The van der Waals surface area contributed by atoms with E-state index in [0.717, 1.165) is 16.7 Å². The number of hydrogen-bond donors (Lipinski definition) is 0. The van der Waals surface area contributed by atoms with Gasteiger partial charge >= 0.3 is 0 Å². The lowest BCUT2D eigenvalue weighted by Gasteiger charge is -2.13. The van der Waals surface area contributed by atoms with Crippen molar-refractivity contribution in [2.45, 2.75) is 0 Å². The molecule has 3 nitrogen and oxygen atoms in total. The molecule has 2 aromatic rings. The molecule has 2 rings (SSSR count). The average Bonchev–Trinajstić information content (AvgIpc) is 2.17. The highest BCUT2D eigenvalue weighted by Gasteiger charge is 2.02. The van der Waals surface area contributed by atoms with Gasteiger partial charge in [0.25, 0.3) is 0 Å². The topological polar surface area (TPSA) is 29.0 Å². The zero-order chi connectivity index (χ0) is 9.26. The first kappa shape index (κ1) is 7.98. The number of hydrogen-bond acceptors (Lipinski definition) is 3. The standard InChI is InChI=1S/C10H11N3/c1-13(2)9-5-7-11-8-4-3-6-12-10(8)9/h3-7H,1-2H3. The van der Waals surface area contributed by atoms with Crippen LogP contribution in [-0.4, -0.2) is 24.1 Å². The molecule has 0 aliphatic carbocycles. The van der Waals surface area contributed by atoms with Gasteiger partial charge in [0.05, 0.1) is 11.2 Å². The summed E-state index contributed by atoms with van der Waals surface area (Å²) >= 11 is 0. The van der Waals surface area contributed by atoms with Gasteiger partial charge in [-0.25, -0.2) is 0 Å². The van der Waals surface area contributed by atoms with Gasteiger partial charge in [0, 0.05) is 26.5 Å². The monoisotopic (exact) mass is 173 g/mol. The van der Waals surface area contributed by atoms with Gasteiger partial charge in [0.15, 0.2) is 0 Å². The van der Waals surface area contributed by atoms with Gasteiger partial charge in [0.2, 0.25) is 0 Å². The van der Waals surface area contributed by atoms with E-state index in [2.05, 4.69) is 9.97 Å². The van der Waals surface area contributed by atoms with Gasteiger partial charge < -0.3 is 4.90 Å². The summed E-state index contributed by atoms with van der Waals surface area (Å²) in [6.07, 6.45) is 3.59. The Morgan fingerprint density at radius 2 is 1.92 bits per heavy atom. The summed E-state index contributed by atoms with van der Waals surface area (Å²) < 4.78 is 0. The molecule has 0 spiro atoms. The highest BCUT2D eigenvalue weighted by Crippen LogP contribution is 2.20. The van der Waals surface area contributed by atoms with Gasteiger partial charge in [0.1, 0.15) is 5.52 Å². The molecule has 0 saturated carbocycles. The van der Waals surface area contributed by atoms with Crippen LogP contribution in [-0.2, 0) is 0 Å². The molecule has 0 atom stereocenters. The van der Waals surface area contributed by atoms with Crippen LogP contribution in [0.3, 0.4) is 0 Å². The molecule has 0 bridgehead atoms. The molecule has 0 N–H and O–H groups in total. The molecule has 2 aromatic heterocycles. The summed E-state index contributed by atoms with van der Waals surface area (Å²) in [7, 11) is 4.01. The van der Waals surface area contributed by atoms with Crippen molar-refractivity contribution in [1.29, 1.82) is 0 Å². The Bertz CT molecular complexity index is 418. The number of rotatable bonds is 1. The quantitative estimate of drug-likeness (QED) is 0.657. The lowest BCUT2D eigenvalue weighted by molar-refractivity contribution is 1.13. The zero-order valence-electron chi connectivity index (χ0n) is 7.73. The first-order valence-electron chi connectivity index (χ1n) is 4.16. The maximum Gasteiger partial charge on any atom is 0.112 e. The maximum absolute atomic E-state index is 4.30. The highest BCUT2D eigenvalue weighted by atomic mass is 15.1. The second-order valence-electron chi connectivity index (χ2n) is 3.10. The third-order valence-corrected chi connectivity index (χ3v) is 1.96. The molecule has 3 heteroatoms. The first-order chi connectivity index (χ1) is 6.29. The number of fused-ring (bicyclic) bond motifs is 1. The Morgan fingerprint density at radius 3 is 2.69 bits per heavy atom. The van der Waals surface area contributed by atoms with E-state index < -0.39 is 0 Å². The van der Waals surface area contributed by atoms with Crippen molar-refractivity contribution >= 4 is 16.7 Å². The molecule has 2 heterocycles. The lowest BCUT2D eigenvalue weighted by atomic mass is 10.3. The molecule has 0 aromatic carbocycles. The minimum Gasteiger partial charge on any atom is -0.376 e. The maximum atomic E-state index is 4.30. The summed E-state index contributed by atoms with van der Waals surface area (Å²) in [5.74, 6) is 0. The predicted octanol–water partition coefficient (Wildman–Crippen LogP) is 1.70. The molecule has 0 aliphatic rings. The van der Waals surface area contributed by atoms with E-state index in [4.69, 9.17) is 0 Å². The molecule has 0 amide bonds. The predicted molar refractivity (Wildman–Crippen MR) is 53.9 cm³/mol. The molecule has 13 heavy (non-hydrogen) atoms. The summed E-state index contributed by atoms with van der Waals surface area (Å²) in [6, 6.07) is 5.83. The Balaban J connectivity index is 2.76. The zero-order valence-corrected chi connectivity index (χ0v) is 7.73. The Kier molecular flexibility index (Phi) is 1.85. The van der Waals surface area contributed by atoms with Crippen molar-refractivity contribution in [2.75, 3.05) is 19.0 Å². The SMILES string of the molecule is CN(C)c1ccnc2cccnc12. The second-order valence-corrected chi connectivity index (χ2v) is 3.10. The van der Waals surface area contributed by atoms with Gasteiger partial charge in [-0.3, -0.25) is 9.97 Å². The van der Waals surface area contributed by atoms with Crippen molar-refractivity contribution in [1.82, 2.24) is 9.97 Å². The van der Waals surface area contributed by atoms with E-state index in [1.165, 1.54) is 0 Å². The van der Waals surface area contributed by atoms with Crippen LogP contribution >= 0.6 is 0 Å². The number of aromatic nitrogens is 2. The average molecular weight is 173 g/mol. The largest absolute Gasteiger partial charge is 0.376 e. The summed E-state index contributed by atoms with van der Waals surface area (Å²) in [4.78, 5) is 10.6. The molecule has 0 saturated heterocycles. The van der Waals surface area contributed by atoms with Gasteiger partial charge in [-0.15, -0.1) is 0 Å². The third-order valence-electron chi connectivity index (χ3n) is 1.96. The fourth-order valence-corrected chi connectivity index (χ4v) is 1.33. The van der Waals surface area contributed by atoms with Gasteiger partial charge in [-0.2, -0.15) is 0 Å². The molecule has 0 radical (unpaired) electrons. The van der Waals surface area contributed by atoms with Crippen molar-refractivity contribution in [3.05, 3.63) is 30.6 Å². The molecule has 0 fully saturated rings. The van der Waals surface area contributed by atoms with Crippen molar-refractivity contribution in [2.24, 2.45) is 0 Å². The minimum atomic E-state index is 0.939. The lowest BCUT2D eigenvalue weighted by Crippen LogP contribution is -2.09. The normalized spacial score (nSPS) is 10.3. The van der Waals surface area contributed by atoms with Crippen LogP contribution in [0, 0.1) is 0 Å². The molecule has 0 unspecified atom stereocenters.